The van der Waals surface area contributed by atoms with Crippen LogP contribution in [0.2, 0.25) is 0 Å². The van der Waals surface area contributed by atoms with Crippen LogP contribution in [-0.4, -0.2) is 46.9 Å². The van der Waals surface area contributed by atoms with Gasteiger partial charge in [-0.3, -0.25) is 10.00 Å². The van der Waals surface area contributed by atoms with Gasteiger partial charge in [-0.15, -0.1) is 12.4 Å². The first-order chi connectivity index (χ1) is 11.1. The first-order valence-corrected chi connectivity index (χ1v) is 7.91. The summed E-state index contributed by atoms with van der Waals surface area (Å²) in [5.74, 6) is 0.715. The van der Waals surface area contributed by atoms with Crippen molar-refractivity contribution in [2.45, 2.75) is 13.8 Å². The molecule has 0 unspecified atom stereocenters. The molecule has 1 aromatic heterocycles. The third-order valence-corrected chi connectivity index (χ3v) is 4.54. The van der Waals surface area contributed by atoms with E-state index in [4.69, 9.17) is 0 Å². The summed E-state index contributed by atoms with van der Waals surface area (Å²) in [6, 6.07) is 8.13. The quantitative estimate of drug-likeness (QED) is 0.907. The van der Waals surface area contributed by atoms with Gasteiger partial charge in [-0.1, -0.05) is 12.1 Å². The number of nitrogens with zero attached hydrogens (tertiary/aromatic N) is 4. The molecule has 0 aliphatic carbocycles. The molecule has 130 valence electrons. The van der Waals surface area contributed by atoms with Crippen LogP contribution < -0.4 is 10.2 Å². The molecule has 1 aliphatic heterocycles. The number of anilines is 2. The summed E-state index contributed by atoms with van der Waals surface area (Å²) in [6.07, 6.45) is 1.67. The predicted octanol–water partition coefficient (Wildman–Crippen LogP) is 2.81. The number of piperazine rings is 1. The molecule has 0 bridgehead atoms. The maximum atomic E-state index is 12.3. The topological polar surface area (TPSA) is 53.4 Å². The molecule has 0 atom stereocenters. The Balaban J connectivity index is 0.00000208. The highest BCUT2D eigenvalue weighted by Gasteiger charge is 2.22. The minimum Gasteiger partial charge on any atom is -0.368 e. The van der Waals surface area contributed by atoms with Crippen molar-refractivity contribution >= 4 is 29.9 Å². The minimum atomic E-state index is -0.0609. The fraction of sp³-hybridized carbons (Fsp3) is 0.412. The van der Waals surface area contributed by atoms with Crippen LogP contribution in [0, 0.1) is 13.8 Å². The summed E-state index contributed by atoms with van der Waals surface area (Å²) in [6.45, 7) is 7.43. The Morgan fingerprint density at radius 1 is 1.12 bits per heavy atom. The number of benzene rings is 1. The van der Waals surface area contributed by atoms with Crippen molar-refractivity contribution in [2.24, 2.45) is 7.05 Å². The molecule has 2 heterocycles. The van der Waals surface area contributed by atoms with Crippen molar-refractivity contribution in [3.63, 3.8) is 0 Å². The zero-order valence-electron chi connectivity index (χ0n) is 14.3. The number of carbonyl (C=O) groups is 1. The molecular weight excluding hydrogens is 326 g/mol. The number of rotatable bonds is 2. The van der Waals surface area contributed by atoms with Gasteiger partial charge < -0.3 is 9.80 Å². The van der Waals surface area contributed by atoms with E-state index < -0.39 is 0 Å². The van der Waals surface area contributed by atoms with E-state index in [0.29, 0.717) is 5.82 Å². The minimum absolute atomic E-state index is 0. The zero-order valence-corrected chi connectivity index (χ0v) is 15.1. The van der Waals surface area contributed by atoms with Gasteiger partial charge in [0.25, 0.3) is 0 Å². The molecule has 1 aromatic carbocycles. The molecule has 6 nitrogen and oxygen atoms in total. The van der Waals surface area contributed by atoms with E-state index in [9.17, 15) is 4.79 Å². The Labute approximate surface area is 148 Å². The molecule has 0 radical (unpaired) electrons. The Morgan fingerprint density at radius 3 is 2.46 bits per heavy atom. The number of nitrogens with one attached hydrogen (secondary N) is 1. The summed E-state index contributed by atoms with van der Waals surface area (Å²) in [4.78, 5) is 16.6. The number of carbonyl (C=O) groups excluding carboxylic acids is 1. The van der Waals surface area contributed by atoms with Gasteiger partial charge in [0.2, 0.25) is 0 Å². The van der Waals surface area contributed by atoms with Gasteiger partial charge in [0.1, 0.15) is 5.82 Å². The van der Waals surface area contributed by atoms with Crippen LogP contribution in [-0.2, 0) is 7.05 Å². The third kappa shape index (κ3) is 3.64. The largest absolute Gasteiger partial charge is 0.368 e. The highest BCUT2D eigenvalue weighted by Crippen LogP contribution is 2.24. The Bertz CT molecular complexity index is 707. The molecular formula is C17H24ClN5O. The molecule has 2 amide bonds. The number of hydrogen-bond acceptors (Lipinski definition) is 3. The summed E-state index contributed by atoms with van der Waals surface area (Å²) in [5, 5.41) is 6.96. The number of hydrogen-bond donors (Lipinski definition) is 1. The predicted molar refractivity (Wildman–Crippen MR) is 99.2 cm³/mol. The van der Waals surface area contributed by atoms with Crippen LogP contribution in [0.3, 0.4) is 0 Å². The van der Waals surface area contributed by atoms with Gasteiger partial charge in [0, 0.05) is 45.0 Å². The lowest BCUT2D eigenvalue weighted by Gasteiger charge is -2.37. The van der Waals surface area contributed by atoms with Crippen LogP contribution in [0.15, 0.2) is 30.5 Å². The fourth-order valence-corrected chi connectivity index (χ4v) is 2.91. The van der Waals surface area contributed by atoms with Crippen LogP contribution in [0.1, 0.15) is 11.1 Å². The lowest BCUT2D eigenvalue weighted by atomic mass is 10.1. The number of aryl methyl sites for hydroxylation is 2. The third-order valence-electron chi connectivity index (χ3n) is 4.54. The molecule has 1 fully saturated rings. The summed E-state index contributed by atoms with van der Waals surface area (Å²) in [5.41, 5.74) is 3.90. The van der Waals surface area contributed by atoms with Gasteiger partial charge in [0.15, 0.2) is 0 Å². The second-order valence-electron chi connectivity index (χ2n) is 5.96. The van der Waals surface area contributed by atoms with Crippen LogP contribution in [0.4, 0.5) is 16.3 Å². The average molecular weight is 350 g/mol. The van der Waals surface area contributed by atoms with E-state index in [1.165, 1.54) is 16.8 Å². The van der Waals surface area contributed by atoms with Gasteiger partial charge >= 0.3 is 6.03 Å². The van der Waals surface area contributed by atoms with E-state index in [-0.39, 0.29) is 18.4 Å². The number of amides is 2. The van der Waals surface area contributed by atoms with Gasteiger partial charge in [-0.2, -0.15) is 5.10 Å². The Kier molecular flexibility index (Phi) is 5.72. The normalized spacial score (nSPS) is 14.3. The smallest absolute Gasteiger partial charge is 0.323 e. The Hall–Kier alpha value is -2.21. The molecule has 7 heteroatoms. The summed E-state index contributed by atoms with van der Waals surface area (Å²) < 4.78 is 1.66. The summed E-state index contributed by atoms with van der Waals surface area (Å²) in [7, 11) is 1.81. The van der Waals surface area contributed by atoms with Crippen molar-refractivity contribution in [2.75, 3.05) is 36.4 Å². The lowest BCUT2D eigenvalue weighted by molar-refractivity contribution is 0.208. The molecule has 24 heavy (non-hydrogen) atoms. The van der Waals surface area contributed by atoms with E-state index in [1.807, 2.05) is 11.9 Å². The monoisotopic (exact) mass is 349 g/mol. The van der Waals surface area contributed by atoms with E-state index >= 15 is 0 Å². The molecule has 0 saturated carbocycles. The second kappa shape index (κ2) is 7.57. The number of aromatic nitrogens is 2. The van der Waals surface area contributed by atoms with Crippen LogP contribution >= 0.6 is 12.4 Å². The molecule has 0 spiro atoms. The van der Waals surface area contributed by atoms with Crippen molar-refractivity contribution in [1.29, 1.82) is 0 Å². The first kappa shape index (κ1) is 18.1. The van der Waals surface area contributed by atoms with Crippen LogP contribution in [0.5, 0.6) is 0 Å². The fourth-order valence-electron chi connectivity index (χ4n) is 2.91. The van der Waals surface area contributed by atoms with Crippen molar-refractivity contribution in [1.82, 2.24) is 14.7 Å². The van der Waals surface area contributed by atoms with Crippen molar-refractivity contribution < 1.29 is 4.79 Å². The van der Waals surface area contributed by atoms with Gasteiger partial charge in [0.05, 0.1) is 6.20 Å². The molecule has 1 aliphatic rings. The number of urea groups is 1. The van der Waals surface area contributed by atoms with Crippen LogP contribution in [0.25, 0.3) is 0 Å². The molecule has 3 rings (SSSR count). The van der Waals surface area contributed by atoms with E-state index in [0.717, 1.165) is 26.2 Å². The Morgan fingerprint density at radius 2 is 1.83 bits per heavy atom. The standard InChI is InChI=1S/C17H23N5O.ClH/c1-13-5-4-6-15(14(13)2)21-9-11-22(12-10-21)17(23)19-16-7-8-18-20(16)3;/h4-8H,9-12H2,1-3H3,(H,19,23);1H. The first-order valence-electron chi connectivity index (χ1n) is 7.91. The van der Waals surface area contributed by atoms with Crippen molar-refractivity contribution in [3.8, 4) is 0 Å². The molecule has 1 saturated heterocycles. The number of halogens is 1. The SMILES string of the molecule is Cc1cccc(N2CCN(C(=O)Nc3ccnn3C)CC2)c1C.Cl. The average Bonchev–Trinajstić information content (AvgIpc) is 2.95. The second-order valence-corrected chi connectivity index (χ2v) is 5.96. The van der Waals surface area contributed by atoms with Crippen molar-refractivity contribution in [3.05, 3.63) is 41.6 Å². The van der Waals surface area contributed by atoms with E-state index in [2.05, 4.69) is 47.4 Å². The maximum absolute atomic E-state index is 12.3. The zero-order chi connectivity index (χ0) is 16.4. The molecule has 1 N–H and O–H groups in total. The molecule has 2 aromatic rings. The van der Waals surface area contributed by atoms with E-state index in [1.54, 1.807) is 16.9 Å². The lowest BCUT2D eigenvalue weighted by Crippen LogP contribution is -2.50. The highest BCUT2D eigenvalue weighted by molar-refractivity contribution is 5.88. The summed E-state index contributed by atoms with van der Waals surface area (Å²) >= 11 is 0. The van der Waals surface area contributed by atoms with Gasteiger partial charge in [-0.25, -0.2) is 4.79 Å². The highest BCUT2D eigenvalue weighted by atomic mass is 35.5. The maximum Gasteiger partial charge on any atom is 0.323 e. The van der Waals surface area contributed by atoms with Gasteiger partial charge in [-0.05, 0) is 31.0 Å².